The van der Waals surface area contributed by atoms with E-state index < -0.39 is 0 Å². The molecule has 134 valence electrons. The third-order valence-corrected chi connectivity index (χ3v) is 6.51. The highest BCUT2D eigenvalue weighted by Crippen LogP contribution is 2.43. The first-order chi connectivity index (χ1) is 12.6. The van der Waals surface area contributed by atoms with Gasteiger partial charge in [-0.3, -0.25) is 0 Å². The summed E-state index contributed by atoms with van der Waals surface area (Å²) >= 11 is 0. The van der Waals surface area contributed by atoms with Crippen LogP contribution in [0.4, 0.5) is 0 Å². The molecule has 1 atom stereocenters. The average Bonchev–Trinajstić information content (AvgIpc) is 2.93. The summed E-state index contributed by atoms with van der Waals surface area (Å²) in [5, 5.41) is 11.7. The minimum Gasteiger partial charge on any atom is -0.304 e. The van der Waals surface area contributed by atoms with Crippen LogP contribution < -0.4 is 0 Å². The Kier molecular flexibility index (Phi) is 4.56. The molecular weight excluding hydrogens is 314 g/mol. The molecule has 1 nitrogen and oxygen atoms in total. The topological polar surface area (TPSA) is 23.9 Å². The summed E-state index contributed by atoms with van der Waals surface area (Å²) in [6, 6.07) is 13.2. The van der Waals surface area contributed by atoms with E-state index in [9.17, 15) is 0 Å². The van der Waals surface area contributed by atoms with Crippen molar-refractivity contribution in [3.05, 3.63) is 70.3 Å². The molecular formula is C25H29N. The second-order valence-electron chi connectivity index (χ2n) is 8.19. The van der Waals surface area contributed by atoms with Crippen molar-refractivity contribution < 1.29 is 0 Å². The zero-order valence-electron chi connectivity index (χ0n) is 16.2. The van der Waals surface area contributed by atoms with Gasteiger partial charge in [0.15, 0.2) is 0 Å². The quantitative estimate of drug-likeness (QED) is 0.571. The minimum atomic E-state index is 0.332. The van der Waals surface area contributed by atoms with Crippen molar-refractivity contribution in [2.75, 3.05) is 0 Å². The SMILES string of the molecule is CC1=CC(C)=C(C)C1c1ccc2ccccc2c1C(=N)C1CCCCC1. The first-order valence-electron chi connectivity index (χ1n) is 10.0. The lowest BCUT2D eigenvalue weighted by atomic mass is 9.77. The van der Waals surface area contributed by atoms with Crippen molar-refractivity contribution >= 4 is 16.5 Å². The van der Waals surface area contributed by atoms with Crippen molar-refractivity contribution in [3.8, 4) is 0 Å². The third kappa shape index (κ3) is 2.84. The van der Waals surface area contributed by atoms with Gasteiger partial charge in [-0.25, -0.2) is 0 Å². The Bertz CT molecular complexity index is 922. The van der Waals surface area contributed by atoms with Crippen LogP contribution in [0.2, 0.25) is 0 Å². The standard InChI is InChI=1S/C25H29N/c1-16-15-17(2)23(18(16)3)22-14-13-19-9-7-8-12-21(19)24(22)25(26)20-10-5-4-6-11-20/h7-9,12-15,20,23,26H,4-6,10-11H2,1-3H3. The normalized spacial score (nSPS) is 21.3. The number of fused-ring (bicyclic) bond motifs is 1. The number of allylic oxidation sites excluding steroid dienone is 4. The van der Waals surface area contributed by atoms with Crippen molar-refractivity contribution in [2.24, 2.45) is 5.92 Å². The molecule has 1 saturated carbocycles. The van der Waals surface area contributed by atoms with Gasteiger partial charge in [0.25, 0.3) is 0 Å². The van der Waals surface area contributed by atoms with Gasteiger partial charge in [0.05, 0.1) is 0 Å². The summed E-state index contributed by atoms with van der Waals surface area (Å²) in [6.45, 7) is 6.72. The second-order valence-corrected chi connectivity index (χ2v) is 8.19. The molecule has 0 heterocycles. The van der Waals surface area contributed by atoms with Crippen molar-refractivity contribution in [1.29, 1.82) is 5.41 Å². The zero-order chi connectivity index (χ0) is 18.3. The molecule has 1 unspecified atom stereocenters. The molecule has 2 aliphatic carbocycles. The van der Waals surface area contributed by atoms with E-state index in [-0.39, 0.29) is 0 Å². The van der Waals surface area contributed by atoms with Crippen molar-refractivity contribution in [3.63, 3.8) is 0 Å². The van der Waals surface area contributed by atoms with E-state index in [1.165, 1.54) is 70.7 Å². The Hall–Kier alpha value is -2.15. The third-order valence-electron chi connectivity index (χ3n) is 6.51. The summed E-state index contributed by atoms with van der Waals surface area (Å²) in [7, 11) is 0. The second kappa shape index (κ2) is 6.87. The largest absolute Gasteiger partial charge is 0.304 e. The van der Waals surface area contributed by atoms with Crippen LogP contribution in [0, 0.1) is 11.3 Å². The van der Waals surface area contributed by atoms with Crippen LogP contribution in [0.1, 0.15) is 69.9 Å². The van der Waals surface area contributed by atoms with Crippen LogP contribution >= 0.6 is 0 Å². The highest BCUT2D eigenvalue weighted by atomic mass is 14.5. The fourth-order valence-corrected chi connectivity index (χ4v) is 5.01. The molecule has 1 heteroatoms. The molecule has 2 aromatic rings. The summed E-state index contributed by atoms with van der Waals surface area (Å²) in [6.07, 6.45) is 8.55. The maximum Gasteiger partial charge on any atom is 0.0426 e. The van der Waals surface area contributed by atoms with Crippen LogP contribution in [0.5, 0.6) is 0 Å². The number of rotatable bonds is 3. The molecule has 0 aromatic heterocycles. The Balaban J connectivity index is 1.91. The average molecular weight is 344 g/mol. The molecule has 0 bridgehead atoms. The molecule has 0 saturated heterocycles. The van der Waals surface area contributed by atoms with Crippen molar-refractivity contribution in [1.82, 2.24) is 0 Å². The lowest BCUT2D eigenvalue weighted by molar-refractivity contribution is 0.438. The highest BCUT2D eigenvalue weighted by Gasteiger charge is 2.29. The van der Waals surface area contributed by atoms with Gasteiger partial charge in [0.2, 0.25) is 0 Å². The van der Waals surface area contributed by atoms with E-state index >= 15 is 0 Å². The molecule has 26 heavy (non-hydrogen) atoms. The predicted octanol–water partition coefficient (Wildman–Crippen LogP) is 7.17. The van der Waals surface area contributed by atoms with Crippen LogP contribution in [0.3, 0.4) is 0 Å². The zero-order valence-corrected chi connectivity index (χ0v) is 16.2. The maximum atomic E-state index is 9.16. The van der Waals surface area contributed by atoms with Crippen molar-refractivity contribution in [2.45, 2.75) is 58.8 Å². The molecule has 0 amide bonds. The lowest BCUT2D eigenvalue weighted by Gasteiger charge is -2.27. The van der Waals surface area contributed by atoms with Gasteiger partial charge in [-0.15, -0.1) is 0 Å². The van der Waals surface area contributed by atoms with Gasteiger partial charge >= 0.3 is 0 Å². The maximum absolute atomic E-state index is 9.16. The number of hydrogen-bond donors (Lipinski definition) is 1. The molecule has 1 fully saturated rings. The minimum absolute atomic E-state index is 0.332. The smallest absolute Gasteiger partial charge is 0.0426 e. The monoisotopic (exact) mass is 343 g/mol. The first kappa shape index (κ1) is 17.3. The van der Waals surface area contributed by atoms with Gasteiger partial charge in [0.1, 0.15) is 0 Å². The number of benzene rings is 2. The summed E-state index contributed by atoms with van der Waals surface area (Å²) < 4.78 is 0. The lowest BCUT2D eigenvalue weighted by Crippen LogP contribution is -2.20. The van der Waals surface area contributed by atoms with E-state index in [0.29, 0.717) is 11.8 Å². The van der Waals surface area contributed by atoms with E-state index in [0.717, 1.165) is 5.71 Å². The fraction of sp³-hybridized carbons (Fsp3) is 0.400. The molecule has 0 aliphatic heterocycles. The Morgan fingerprint density at radius 1 is 0.923 bits per heavy atom. The fourth-order valence-electron chi connectivity index (χ4n) is 5.01. The van der Waals surface area contributed by atoms with Crippen LogP contribution in [0.25, 0.3) is 10.8 Å². The first-order valence-corrected chi connectivity index (χ1v) is 10.0. The number of hydrogen-bond acceptors (Lipinski definition) is 1. The van der Waals surface area contributed by atoms with Crippen LogP contribution in [-0.2, 0) is 0 Å². The van der Waals surface area contributed by atoms with Gasteiger partial charge < -0.3 is 5.41 Å². The molecule has 0 spiro atoms. The van der Waals surface area contributed by atoms with Gasteiger partial charge in [-0.2, -0.15) is 0 Å². The Morgan fingerprint density at radius 3 is 2.35 bits per heavy atom. The molecule has 0 radical (unpaired) electrons. The Morgan fingerprint density at radius 2 is 1.65 bits per heavy atom. The van der Waals surface area contributed by atoms with Crippen LogP contribution in [-0.4, -0.2) is 5.71 Å². The highest BCUT2D eigenvalue weighted by molar-refractivity contribution is 6.12. The van der Waals surface area contributed by atoms with E-state index in [1.807, 2.05) is 0 Å². The molecule has 4 rings (SSSR count). The summed E-state index contributed by atoms with van der Waals surface area (Å²) in [5.41, 5.74) is 7.66. The summed E-state index contributed by atoms with van der Waals surface area (Å²) in [5.74, 6) is 0.753. The van der Waals surface area contributed by atoms with Gasteiger partial charge in [0, 0.05) is 23.1 Å². The van der Waals surface area contributed by atoms with Gasteiger partial charge in [-0.1, -0.05) is 78.5 Å². The van der Waals surface area contributed by atoms with Crippen LogP contribution in [0.15, 0.2) is 59.2 Å². The molecule has 2 aliphatic rings. The summed E-state index contributed by atoms with van der Waals surface area (Å²) in [4.78, 5) is 0. The Labute approximate surface area is 157 Å². The van der Waals surface area contributed by atoms with E-state index in [2.05, 4.69) is 63.2 Å². The van der Waals surface area contributed by atoms with E-state index in [4.69, 9.17) is 5.41 Å². The number of nitrogens with one attached hydrogen (secondary N) is 1. The molecule has 1 N–H and O–H groups in total. The molecule has 2 aromatic carbocycles. The van der Waals surface area contributed by atoms with Gasteiger partial charge in [-0.05, 0) is 49.9 Å². The predicted molar refractivity (Wildman–Crippen MR) is 112 cm³/mol. The van der Waals surface area contributed by atoms with E-state index in [1.54, 1.807) is 0 Å².